The fraction of sp³-hybridized carbons (Fsp3) is 0.727. The average Bonchev–Trinajstić information content (AvgIpc) is 2.70. The predicted molar refractivity (Wildman–Crippen MR) is 72.4 cm³/mol. The maximum absolute atomic E-state index is 12.5. The zero-order valence-corrected chi connectivity index (χ0v) is 12.6. The van der Waals surface area contributed by atoms with Gasteiger partial charge in [-0.15, -0.1) is 11.3 Å². The van der Waals surface area contributed by atoms with Gasteiger partial charge >= 0.3 is 0 Å². The summed E-state index contributed by atoms with van der Waals surface area (Å²) in [6.45, 7) is 4.88. The zero-order valence-electron chi connectivity index (χ0n) is 10.9. The largest absolute Gasteiger partial charge is 0.316 e. The van der Waals surface area contributed by atoms with E-state index in [2.05, 4.69) is 10.3 Å². The molecule has 1 fully saturated rings. The van der Waals surface area contributed by atoms with Crippen LogP contribution in [0, 0.1) is 13.8 Å². The smallest absolute Gasteiger partial charge is 0.270 e. The summed E-state index contributed by atoms with van der Waals surface area (Å²) < 4.78 is 26.7. The Morgan fingerprint density at radius 3 is 2.72 bits per heavy atom. The lowest BCUT2D eigenvalue weighted by molar-refractivity contribution is 0.292. The van der Waals surface area contributed by atoms with E-state index >= 15 is 0 Å². The van der Waals surface area contributed by atoms with Crippen molar-refractivity contribution in [3.05, 3.63) is 10.6 Å². The highest BCUT2D eigenvalue weighted by Crippen LogP contribution is 2.26. The van der Waals surface area contributed by atoms with E-state index in [1.807, 2.05) is 20.9 Å². The van der Waals surface area contributed by atoms with Crippen LogP contribution in [-0.2, 0) is 10.0 Å². The Morgan fingerprint density at radius 1 is 1.44 bits per heavy atom. The number of piperidine rings is 1. The first-order valence-electron chi connectivity index (χ1n) is 6.06. The molecule has 1 saturated heterocycles. The molecule has 1 aromatic heterocycles. The van der Waals surface area contributed by atoms with Crippen molar-refractivity contribution in [2.24, 2.45) is 0 Å². The van der Waals surface area contributed by atoms with Gasteiger partial charge in [-0.05, 0) is 33.7 Å². The van der Waals surface area contributed by atoms with Crippen molar-refractivity contribution < 1.29 is 8.42 Å². The van der Waals surface area contributed by atoms with Crippen molar-refractivity contribution in [2.45, 2.75) is 37.1 Å². The van der Waals surface area contributed by atoms with Gasteiger partial charge in [0.1, 0.15) is 0 Å². The number of likely N-dealkylation sites (N-methyl/N-ethyl adjacent to an activating group) is 1. The first-order valence-corrected chi connectivity index (χ1v) is 8.32. The second kappa shape index (κ2) is 5.24. The summed E-state index contributed by atoms with van der Waals surface area (Å²) in [6, 6.07) is 0.246. The Hall–Kier alpha value is -0.500. The van der Waals surface area contributed by atoms with Crippen LogP contribution in [0.15, 0.2) is 4.34 Å². The molecule has 0 spiro atoms. The molecule has 1 atom stereocenters. The Bertz CT molecular complexity index is 505. The predicted octanol–water partition coefficient (Wildman–Crippen LogP) is 1.13. The molecule has 0 aromatic carbocycles. The minimum Gasteiger partial charge on any atom is -0.316 e. The van der Waals surface area contributed by atoms with Gasteiger partial charge in [0.25, 0.3) is 10.0 Å². The summed E-state index contributed by atoms with van der Waals surface area (Å²) in [5.41, 5.74) is 0.806. The van der Waals surface area contributed by atoms with Crippen LogP contribution in [0.5, 0.6) is 0 Å². The first kappa shape index (κ1) is 13.9. The molecule has 2 rings (SSSR count). The van der Waals surface area contributed by atoms with E-state index in [0.29, 0.717) is 13.1 Å². The Morgan fingerprint density at radius 2 is 2.17 bits per heavy atom. The van der Waals surface area contributed by atoms with E-state index in [1.165, 1.54) is 11.3 Å². The molecule has 0 amide bonds. The molecule has 2 heterocycles. The second-order valence-electron chi connectivity index (χ2n) is 4.61. The summed E-state index contributed by atoms with van der Waals surface area (Å²) in [4.78, 5) is 5.14. The quantitative estimate of drug-likeness (QED) is 0.906. The molecule has 18 heavy (non-hydrogen) atoms. The lowest BCUT2D eigenvalue weighted by Crippen LogP contribution is -2.46. The van der Waals surface area contributed by atoms with Crippen LogP contribution in [0.2, 0.25) is 0 Å². The number of rotatable bonds is 3. The van der Waals surface area contributed by atoms with Gasteiger partial charge in [0.2, 0.25) is 4.34 Å². The highest BCUT2D eigenvalue weighted by molar-refractivity contribution is 7.91. The molecule has 7 heteroatoms. The maximum Gasteiger partial charge on any atom is 0.270 e. The number of aryl methyl sites for hydroxylation is 2. The van der Waals surface area contributed by atoms with Crippen molar-refractivity contribution >= 4 is 21.4 Å². The molecule has 1 unspecified atom stereocenters. The van der Waals surface area contributed by atoms with Crippen LogP contribution >= 0.6 is 11.3 Å². The van der Waals surface area contributed by atoms with Gasteiger partial charge in [0, 0.05) is 24.0 Å². The molecule has 5 nitrogen and oxygen atoms in total. The summed E-state index contributed by atoms with van der Waals surface area (Å²) in [5, 5.41) is 3.15. The third-order valence-electron chi connectivity index (χ3n) is 3.36. The SMILES string of the molecule is CNC1CCCN(S(=O)(=O)c2nc(C)c(C)s2)C1. The molecule has 0 bridgehead atoms. The third kappa shape index (κ3) is 2.59. The standard InChI is InChI=1S/C11H19N3O2S2/c1-8-9(2)17-11(13-8)18(15,16)14-6-4-5-10(7-14)12-3/h10,12H,4-7H2,1-3H3. The van der Waals surface area contributed by atoms with E-state index in [-0.39, 0.29) is 10.4 Å². The minimum absolute atomic E-state index is 0.231. The molecule has 102 valence electrons. The molecular formula is C11H19N3O2S2. The summed E-state index contributed by atoms with van der Waals surface area (Å²) >= 11 is 1.26. The van der Waals surface area contributed by atoms with Crippen LogP contribution in [0.3, 0.4) is 0 Å². The van der Waals surface area contributed by atoms with Gasteiger partial charge in [-0.2, -0.15) is 4.31 Å². The topological polar surface area (TPSA) is 62.3 Å². The van der Waals surface area contributed by atoms with Crippen LogP contribution in [0.25, 0.3) is 0 Å². The normalized spacial score (nSPS) is 22.3. The van der Waals surface area contributed by atoms with Crippen LogP contribution in [0.4, 0.5) is 0 Å². The maximum atomic E-state index is 12.5. The number of hydrogen-bond acceptors (Lipinski definition) is 5. The van der Waals surface area contributed by atoms with E-state index in [4.69, 9.17) is 0 Å². The number of aromatic nitrogens is 1. The molecule has 1 aromatic rings. The summed E-state index contributed by atoms with van der Waals surface area (Å²) in [6.07, 6.45) is 1.92. The van der Waals surface area contributed by atoms with Crippen LogP contribution < -0.4 is 5.32 Å². The number of nitrogens with one attached hydrogen (secondary N) is 1. The van der Waals surface area contributed by atoms with Gasteiger partial charge in [0.05, 0.1) is 5.69 Å². The molecule has 0 aliphatic carbocycles. The lowest BCUT2D eigenvalue weighted by atomic mass is 10.1. The number of hydrogen-bond donors (Lipinski definition) is 1. The van der Waals surface area contributed by atoms with Crippen molar-refractivity contribution in [2.75, 3.05) is 20.1 Å². The van der Waals surface area contributed by atoms with Gasteiger partial charge in [-0.3, -0.25) is 0 Å². The second-order valence-corrected chi connectivity index (χ2v) is 7.93. The van der Waals surface area contributed by atoms with Crippen molar-refractivity contribution in [1.29, 1.82) is 0 Å². The van der Waals surface area contributed by atoms with Gasteiger partial charge in [-0.1, -0.05) is 0 Å². The Labute approximate surface area is 112 Å². The van der Waals surface area contributed by atoms with Crippen molar-refractivity contribution in [3.63, 3.8) is 0 Å². The first-order chi connectivity index (χ1) is 8.45. The third-order valence-corrected chi connectivity index (χ3v) is 6.66. The van der Waals surface area contributed by atoms with E-state index in [1.54, 1.807) is 4.31 Å². The molecule has 0 saturated carbocycles. The summed E-state index contributed by atoms with van der Waals surface area (Å²) in [5.74, 6) is 0. The van der Waals surface area contributed by atoms with E-state index < -0.39 is 10.0 Å². The van der Waals surface area contributed by atoms with Gasteiger partial charge < -0.3 is 5.32 Å². The minimum atomic E-state index is -3.41. The number of sulfonamides is 1. The highest BCUT2D eigenvalue weighted by atomic mass is 32.2. The van der Waals surface area contributed by atoms with Gasteiger partial charge in [0.15, 0.2) is 0 Å². The molecule has 1 N–H and O–H groups in total. The zero-order chi connectivity index (χ0) is 13.3. The Kier molecular flexibility index (Phi) is 4.05. The summed E-state index contributed by atoms with van der Waals surface area (Å²) in [7, 11) is -1.53. The molecule has 1 aliphatic rings. The molecule has 0 radical (unpaired) electrons. The highest BCUT2D eigenvalue weighted by Gasteiger charge is 2.32. The van der Waals surface area contributed by atoms with Gasteiger partial charge in [-0.25, -0.2) is 13.4 Å². The van der Waals surface area contributed by atoms with Crippen LogP contribution in [0.1, 0.15) is 23.4 Å². The van der Waals surface area contributed by atoms with E-state index in [9.17, 15) is 8.42 Å². The molecule has 1 aliphatic heterocycles. The fourth-order valence-electron chi connectivity index (χ4n) is 2.06. The van der Waals surface area contributed by atoms with E-state index in [0.717, 1.165) is 23.4 Å². The average molecular weight is 289 g/mol. The lowest BCUT2D eigenvalue weighted by Gasteiger charge is -2.30. The molecular weight excluding hydrogens is 270 g/mol. The fourth-order valence-corrected chi connectivity index (χ4v) is 5.03. The number of thiazole rings is 1. The monoisotopic (exact) mass is 289 g/mol. The Balaban J connectivity index is 2.25. The number of nitrogens with zero attached hydrogens (tertiary/aromatic N) is 2. The van der Waals surface area contributed by atoms with Crippen molar-refractivity contribution in [1.82, 2.24) is 14.6 Å². The van der Waals surface area contributed by atoms with Crippen LogP contribution in [-0.4, -0.2) is 43.9 Å². The van der Waals surface area contributed by atoms with Crippen molar-refractivity contribution in [3.8, 4) is 0 Å².